The molecule has 2 aromatic carbocycles. The highest BCUT2D eigenvalue weighted by molar-refractivity contribution is 7.97. The maximum absolute atomic E-state index is 13.1. The van der Waals surface area contributed by atoms with Crippen LogP contribution in [0, 0.1) is 11.8 Å². The molecule has 0 unspecified atom stereocenters. The zero-order valence-corrected chi connectivity index (χ0v) is 17.7. The molecule has 3 rings (SSSR count). The van der Waals surface area contributed by atoms with Crippen molar-refractivity contribution in [1.29, 1.82) is 0 Å². The molecule has 0 saturated heterocycles. The molecule has 0 aromatic heterocycles. The average molecular weight is 439 g/mol. The van der Waals surface area contributed by atoms with Crippen LogP contribution in [0.15, 0.2) is 93.9 Å². The molecular formula is C25H21F3N2S. The molecule has 0 amide bonds. The molecule has 1 heterocycles. The zero-order chi connectivity index (χ0) is 22.1. The van der Waals surface area contributed by atoms with E-state index in [-0.39, 0.29) is 5.56 Å². The van der Waals surface area contributed by atoms with Crippen LogP contribution in [0.25, 0.3) is 0 Å². The zero-order valence-electron chi connectivity index (χ0n) is 16.9. The Kier molecular flexibility index (Phi) is 7.94. The van der Waals surface area contributed by atoms with Crippen molar-refractivity contribution >= 4 is 18.2 Å². The first kappa shape index (κ1) is 22.7. The second-order valence-electron chi connectivity index (χ2n) is 6.59. The Labute approximate surface area is 184 Å². The van der Waals surface area contributed by atoms with Crippen molar-refractivity contribution in [2.45, 2.75) is 18.0 Å². The molecule has 2 aromatic rings. The highest BCUT2D eigenvalue weighted by atomic mass is 32.2. The van der Waals surface area contributed by atoms with Gasteiger partial charge in [-0.3, -0.25) is 9.71 Å². The van der Waals surface area contributed by atoms with Gasteiger partial charge in [0.05, 0.1) is 12.1 Å². The Balaban J connectivity index is 1.62. The number of hydrogen-bond acceptors (Lipinski definition) is 3. The molecule has 0 radical (unpaired) electrons. The van der Waals surface area contributed by atoms with Crippen LogP contribution in [0.1, 0.15) is 23.6 Å². The topological polar surface area (TPSA) is 24.4 Å². The maximum atomic E-state index is 13.1. The molecule has 158 valence electrons. The maximum Gasteiger partial charge on any atom is 0.417 e. The van der Waals surface area contributed by atoms with Gasteiger partial charge in [0.2, 0.25) is 0 Å². The van der Waals surface area contributed by atoms with Gasteiger partial charge in [0.25, 0.3) is 0 Å². The van der Waals surface area contributed by atoms with Gasteiger partial charge in [0.1, 0.15) is 0 Å². The van der Waals surface area contributed by atoms with E-state index in [1.165, 1.54) is 24.1 Å². The van der Waals surface area contributed by atoms with Crippen molar-refractivity contribution in [2.24, 2.45) is 4.99 Å². The minimum absolute atomic E-state index is 0.0278. The number of rotatable bonds is 4. The van der Waals surface area contributed by atoms with Crippen molar-refractivity contribution < 1.29 is 13.2 Å². The van der Waals surface area contributed by atoms with Gasteiger partial charge in [-0.1, -0.05) is 42.2 Å². The van der Waals surface area contributed by atoms with E-state index < -0.39 is 11.7 Å². The lowest BCUT2D eigenvalue weighted by molar-refractivity contribution is -0.137. The molecule has 31 heavy (non-hydrogen) atoms. The monoisotopic (exact) mass is 438 g/mol. The number of alkyl halides is 3. The van der Waals surface area contributed by atoms with E-state index >= 15 is 0 Å². The third-order valence-corrected chi connectivity index (χ3v) is 5.25. The van der Waals surface area contributed by atoms with Crippen LogP contribution in [-0.2, 0) is 6.18 Å². The van der Waals surface area contributed by atoms with Gasteiger partial charge < -0.3 is 0 Å². The summed E-state index contributed by atoms with van der Waals surface area (Å²) in [6.07, 6.45) is 5.57. The van der Waals surface area contributed by atoms with Crippen LogP contribution in [0.3, 0.4) is 0 Å². The van der Waals surface area contributed by atoms with Crippen LogP contribution in [0.4, 0.5) is 13.2 Å². The van der Waals surface area contributed by atoms with Crippen molar-refractivity contribution in [2.75, 3.05) is 13.1 Å². The number of aliphatic imine (C=N–C) groups is 1. The van der Waals surface area contributed by atoms with Gasteiger partial charge >= 0.3 is 6.18 Å². The fourth-order valence-electron chi connectivity index (χ4n) is 2.87. The summed E-state index contributed by atoms with van der Waals surface area (Å²) in [4.78, 5) is 5.24. The number of benzene rings is 2. The molecule has 1 N–H and O–H groups in total. The SMILES string of the molecule is C/C=C1\C=C/CN=C/C=C\1CNSc1ccc(C#Cc2ccccc2C(F)(F)F)cc1. The number of hydrogen-bond donors (Lipinski definition) is 1. The summed E-state index contributed by atoms with van der Waals surface area (Å²) >= 11 is 1.48. The van der Waals surface area contributed by atoms with Crippen molar-refractivity contribution in [3.8, 4) is 11.8 Å². The first-order valence-electron chi connectivity index (χ1n) is 9.67. The highest BCUT2D eigenvalue weighted by Crippen LogP contribution is 2.31. The number of nitrogens with zero attached hydrogens (tertiary/aromatic N) is 1. The van der Waals surface area contributed by atoms with E-state index in [9.17, 15) is 13.2 Å². The quantitative estimate of drug-likeness (QED) is 0.453. The van der Waals surface area contributed by atoms with Crippen LogP contribution in [0.2, 0.25) is 0 Å². The molecule has 2 nitrogen and oxygen atoms in total. The van der Waals surface area contributed by atoms with E-state index in [0.29, 0.717) is 18.7 Å². The van der Waals surface area contributed by atoms with Gasteiger partial charge in [-0.15, -0.1) is 0 Å². The smallest absolute Gasteiger partial charge is 0.289 e. The Bertz CT molecular complexity index is 1080. The van der Waals surface area contributed by atoms with E-state index in [0.717, 1.165) is 22.1 Å². The van der Waals surface area contributed by atoms with Crippen LogP contribution in [-0.4, -0.2) is 19.3 Å². The number of halogens is 3. The molecule has 1 aliphatic rings. The number of allylic oxidation sites excluding steroid dienone is 3. The second kappa shape index (κ2) is 10.9. The normalized spacial score (nSPS) is 17.8. The van der Waals surface area contributed by atoms with E-state index in [1.54, 1.807) is 18.2 Å². The van der Waals surface area contributed by atoms with E-state index in [1.807, 2.05) is 37.4 Å². The summed E-state index contributed by atoms with van der Waals surface area (Å²) < 4.78 is 42.6. The van der Waals surface area contributed by atoms with Gasteiger partial charge in [-0.25, -0.2) is 0 Å². The Morgan fingerprint density at radius 3 is 2.61 bits per heavy atom. The third-order valence-electron chi connectivity index (χ3n) is 4.45. The predicted molar refractivity (Wildman–Crippen MR) is 122 cm³/mol. The van der Waals surface area contributed by atoms with Gasteiger partial charge in [0, 0.05) is 28.8 Å². The van der Waals surface area contributed by atoms with Gasteiger partial charge in [-0.05, 0) is 72.5 Å². The molecule has 0 aliphatic carbocycles. The van der Waals surface area contributed by atoms with E-state index in [4.69, 9.17) is 0 Å². The predicted octanol–water partition coefficient (Wildman–Crippen LogP) is 6.22. The molecule has 0 atom stereocenters. The first-order valence-corrected chi connectivity index (χ1v) is 10.5. The van der Waals surface area contributed by atoms with Gasteiger partial charge in [0.15, 0.2) is 0 Å². The van der Waals surface area contributed by atoms with Crippen molar-refractivity contribution in [3.05, 3.63) is 101 Å². The standard InChI is InChI=1S/C25H21F3N2S/c1-2-20-7-5-16-29-17-15-22(20)18-30-31-23-13-10-19(11-14-23)9-12-21-6-3-4-8-24(21)25(26,27)28/h2-8,10-11,13-15,17,30H,16,18H2,1H3/b7-5-,20-2+,22-15-,29-17?. The van der Waals surface area contributed by atoms with Crippen LogP contribution < -0.4 is 4.72 Å². The second-order valence-corrected chi connectivity index (χ2v) is 7.56. The first-order chi connectivity index (χ1) is 15.0. The lowest BCUT2D eigenvalue weighted by Crippen LogP contribution is -2.10. The minimum atomic E-state index is -4.42. The molecule has 0 bridgehead atoms. The Morgan fingerprint density at radius 2 is 1.87 bits per heavy atom. The molecule has 1 aliphatic heterocycles. The fourth-order valence-corrected chi connectivity index (χ4v) is 3.54. The minimum Gasteiger partial charge on any atom is -0.289 e. The molecule has 0 spiro atoms. The summed E-state index contributed by atoms with van der Waals surface area (Å²) in [5.74, 6) is 5.46. The molecule has 6 heteroatoms. The molecule has 0 fully saturated rings. The average Bonchev–Trinajstić information content (AvgIpc) is 2.74. The lowest BCUT2D eigenvalue weighted by Gasteiger charge is -2.10. The summed E-state index contributed by atoms with van der Waals surface area (Å²) in [7, 11) is 0. The van der Waals surface area contributed by atoms with Crippen LogP contribution >= 0.6 is 11.9 Å². The lowest BCUT2D eigenvalue weighted by atomic mass is 10.0. The summed E-state index contributed by atoms with van der Waals surface area (Å²) in [6, 6.07) is 12.7. The fraction of sp³-hybridized carbons (Fsp3) is 0.160. The Hall–Kier alpha value is -3.01. The largest absolute Gasteiger partial charge is 0.417 e. The van der Waals surface area contributed by atoms with Crippen LogP contribution in [0.5, 0.6) is 0 Å². The van der Waals surface area contributed by atoms with Crippen molar-refractivity contribution in [3.63, 3.8) is 0 Å². The molecular weight excluding hydrogens is 417 g/mol. The summed E-state index contributed by atoms with van der Waals surface area (Å²) in [5.41, 5.74) is 2.20. The Morgan fingerprint density at radius 1 is 1.10 bits per heavy atom. The van der Waals surface area contributed by atoms with Gasteiger partial charge in [-0.2, -0.15) is 13.2 Å². The summed E-state index contributed by atoms with van der Waals surface area (Å²) in [5, 5.41) is 0. The third kappa shape index (κ3) is 6.74. The van der Waals surface area contributed by atoms with E-state index in [2.05, 4.69) is 33.7 Å². The molecule has 0 saturated carbocycles. The van der Waals surface area contributed by atoms with Crippen molar-refractivity contribution in [1.82, 2.24) is 4.72 Å². The number of nitrogens with one attached hydrogen (secondary N) is 1. The summed E-state index contributed by atoms with van der Waals surface area (Å²) in [6.45, 7) is 3.35. The highest BCUT2D eigenvalue weighted by Gasteiger charge is 2.32.